The van der Waals surface area contributed by atoms with E-state index in [1.165, 1.54) is 0 Å². The molecule has 0 aromatic heterocycles. The number of nitrogens with zero attached hydrogens (tertiary/aromatic N) is 1. The lowest BCUT2D eigenvalue weighted by Gasteiger charge is -2.23. The summed E-state index contributed by atoms with van der Waals surface area (Å²) >= 11 is 0. The molecule has 1 rings (SSSR count). The fourth-order valence-corrected chi connectivity index (χ4v) is 1.90. The molecule has 0 saturated carbocycles. The average Bonchev–Trinajstić information content (AvgIpc) is 2.61. The smallest absolute Gasteiger partial charge is 0.222 e. The predicted octanol–water partition coefficient (Wildman–Crippen LogP) is 0.659. The van der Waals surface area contributed by atoms with Crippen LogP contribution in [0.5, 0.6) is 0 Å². The molecule has 0 bridgehead atoms. The van der Waals surface area contributed by atoms with E-state index in [4.69, 9.17) is 9.47 Å². The number of carbonyl (C=O) groups is 1. The predicted molar refractivity (Wildman–Crippen MR) is 53.1 cm³/mol. The second-order valence-corrected chi connectivity index (χ2v) is 3.60. The van der Waals surface area contributed by atoms with Crippen LogP contribution in [0.3, 0.4) is 0 Å². The summed E-state index contributed by atoms with van der Waals surface area (Å²) in [6.07, 6.45) is 1.61. The second-order valence-electron chi connectivity index (χ2n) is 3.60. The fraction of sp³-hybridized carbons (Fsp3) is 0.900. The van der Waals surface area contributed by atoms with Gasteiger partial charge in [-0.3, -0.25) is 4.79 Å². The first-order valence-corrected chi connectivity index (χ1v) is 5.04. The summed E-state index contributed by atoms with van der Waals surface area (Å²) in [6, 6.07) is 0.192. The van der Waals surface area contributed by atoms with Crippen molar-refractivity contribution >= 4 is 5.91 Å². The molecule has 1 heterocycles. The molecule has 1 amide bonds. The molecule has 1 aliphatic rings. The molecular weight excluding hydrogens is 182 g/mol. The molecule has 1 saturated heterocycles. The topological polar surface area (TPSA) is 38.8 Å². The van der Waals surface area contributed by atoms with E-state index >= 15 is 0 Å². The van der Waals surface area contributed by atoms with Crippen molar-refractivity contribution in [1.29, 1.82) is 0 Å². The number of methoxy groups -OCH3 is 2. The summed E-state index contributed by atoms with van der Waals surface area (Å²) in [6.45, 7) is 3.19. The minimum atomic E-state index is 0.172. The zero-order valence-corrected chi connectivity index (χ0v) is 9.16. The van der Waals surface area contributed by atoms with Crippen molar-refractivity contribution in [2.24, 2.45) is 0 Å². The summed E-state index contributed by atoms with van der Waals surface area (Å²) in [5.74, 6) is 0.187. The number of hydrogen-bond acceptors (Lipinski definition) is 3. The van der Waals surface area contributed by atoms with E-state index in [1.807, 2.05) is 11.8 Å². The van der Waals surface area contributed by atoms with Gasteiger partial charge >= 0.3 is 0 Å². The van der Waals surface area contributed by atoms with Crippen LogP contribution in [0, 0.1) is 0 Å². The van der Waals surface area contributed by atoms with Crippen LogP contribution >= 0.6 is 0 Å². The Bertz CT molecular complexity index is 196. The van der Waals surface area contributed by atoms with Crippen molar-refractivity contribution < 1.29 is 14.3 Å². The molecule has 2 unspecified atom stereocenters. The Morgan fingerprint density at radius 3 is 2.71 bits per heavy atom. The SMILES string of the molecule is CCC(=O)N1CC(OC)CC1COC. The summed E-state index contributed by atoms with van der Waals surface area (Å²) < 4.78 is 10.4. The second kappa shape index (κ2) is 5.32. The van der Waals surface area contributed by atoms with Gasteiger partial charge in [0, 0.05) is 27.2 Å². The monoisotopic (exact) mass is 201 g/mol. The van der Waals surface area contributed by atoms with Crippen molar-refractivity contribution in [2.45, 2.75) is 31.9 Å². The van der Waals surface area contributed by atoms with Crippen LogP contribution in [-0.4, -0.2) is 50.3 Å². The third-order valence-electron chi connectivity index (χ3n) is 2.69. The molecule has 0 N–H and O–H groups in total. The summed E-state index contributed by atoms with van der Waals surface area (Å²) in [5.41, 5.74) is 0. The quantitative estimate of drug-likeness (QED) is 0.670. The average molecular weight is 201 g/mol. The molecule has 0 aromatic carbocycles. The highest BCUT2D eigenvalue weighted by molar-refractivity contribution is 5.76. The van der Waals surface area contributed by atoms with Crippen molar-refractivity contribution in [2.75, 3.05) is 27.4 Å². The number of ether oxygens (including phenoxy) is 2. The molecule has 1 aliphatic heterocycles. The van der Waals surface area contributed by atoms with Crippen LogP contribution < -0.4 is 0 Å². The maximum atomic E-state index is 11.6. The van der Waals surface area contributed by atoms with Gasteiger partial charge in [-0.15, -0.1) is 0 Å². The van der Waals surface area contributed by atoms with Crippen LogP contribution in [0.1, 0.15) is 19.8 Å². The van der Waals surface area contributed by atoms with Gasteiger partial charge in [0.2, 0.25) is 5.91 Å². The molecule has 0 radical (unpaired) electrons. The highest BCUT2D eigenvalue weighted by Gasteiger charge is 2.34. The van der Waals surface area contributed by atoms with Crippen LogP contribution in [0.2, 0.25) is 0 Å². The minimum absolute atomic E-state index is 0.172. The molecule has 0 aliphatic carbocycles. The lowest BCUT2D eigenvalue weighted by Crippen LogP contribution is -2.37. The van der Waals surface area contributed by atoms with E-state index in [0.29, 0.717) is 19.6 Å². The number of likely N-dealkylation sites (tertiary alicyclic amines) is 1. The van der Waals surface area contributed by atoms with E-state index in [1.54, 1.807) is 14.2 Å². The molecule has 14 heavy (non-hydrogen) atoms. The summed E-state index contributed by atoms with van der Waals surface area (Å²) in [4.78, 5) is 13.4. The van der Waals surface area contributed by atoms with E-state index in [0.717, 1.165) is 6.42 Å². The molecular formula is C10H19NO3. The minimum Gasteiger partial charge on any atom is -0.383 e. The van der Waals surface area contributed by atoms with Gasteiger partial charge in [-0.05, 0) is 6.42 Å². The van der Waals surface area contributed by atoms with Crippen molar-refractivity contribution in [3.05, 3.63) is 0 Å². The maximum Gasteiger partial charge on any atom is 0.222 e. The van der Waals surface area contributed by atoms with Crippen molar-refractivity contribution in [1.82, 2.24) is 4.90 Å². The van der Waals surface area contributed by atoms with E-state index in [9.17, 15) is 4.79 Å². The zero-order chi connectivity index (χ0) is 10.6. The molecule has 1 fully saturated rings. The zero-order valence-electron chi connectivity index (χ0n) is 9.16. The third kappa shape index (κ3) is 2.45. The largest absolute Gasteiger partial charge is 0.383 e. The normalized spacial score (nSPS) is 26.9. The number of carbonyl (C=O) groups excluding carboxylic acids is 1. The lowest BCUT2D eigenvalue weighted by atomic mass is 10.2. The molecule has 4 heteroatoms. The molecule has 82 valence electrons. The standard InChI is InChI=1S/C10H19NO3/c1-4-10(12)11-6-9(14-3)5-8(11)7-13-2/h8-9H,4-7H2,1-3H3. The Balaban J connectivity index is 2.57. The molecule has 2 atom stereocenters. The highest BCUT2D eigenvalue weighted by atomic mass is 16.5. The first kappa shape index (κ1) is 11.5. The van der Waals surface area contributed by atoms with E-state index in [-0.39, 0.29) is 18.1 Å². The van der Waals surface area contributed by atoms with E-state index < -0.39 is 0 Å². The van der Waals surface area contributed by atoms with Gasteiger partial charge in [0.25, 0.3) is 0 Å². The third-order valence-corrected chi connectivity index (χ3v) is 2.69. The van der Waals surface area contributed by atoms with Gasteiger partial charge in [-0.25, -0.2) is 0 Å². The van der Waals surface area contributed by atoms with Crippen molar-refractivity contribution in [3.8, 4) is 0 Å². The lowest BCUT2D eigenvalue weighted by molar-refractivity contribution is -0.132. The Kier molecular flexibility index (Phi) is 4.35. The molecule has 0 aromatic rings. The van der Waals surface area contributed by atoms with Gasteiger partial charge in [0.05, 0.1) is 18.8 Å². The molecule has 0 spiro atoms. The Morgan fingerprint density at radius 1 is 1.50 bits per heavy atom. The highest BCUT2D eigenvalue weighted by Crippen LogP contribution is 2.20. The van der Waals surface area contributed by atoms with Gasteiger partial charge in [-0.2, -0.15) is 0 Å². The van der Waals surface area contributed by atoms with Crippen LogP contribution in [0.25, 0.3) is 0 Å². The van der Waals surface area contributed by atoms with Crippen LogP contribution in [-0.2, 0) is 14.3 Å². The maximum absolute atomic E-state index is 11.6. The first-order chi connectivity index (χ1) is 6.72. The van der Waals surface area contributed by atoms with Gasteiger partial charge in [-0.1, -0.05) is 6.92 Å². The van der Waals surface area contributed by atoms with Gasteiger partial charge < -0.3 is 14.4 Å². The number of amides is 1. The number of rotatable bonds is 4. The van der Waals surface area contributed by atoms with Crippen molar-refractivity contribution in [3.63, 3.8) is 0 Å². The Labute approximate surface area is 85.2 Å². The summed E-state index contributed by atoms with van der Waals surface area (Å²) in [7, 11) is 3.35. The summed E-state index contributed by atoms with van der Waals surface area (Å²) in [5, 5.41) is 0. The molecule has 4 nitrogen and oxygen atoms in total. The first-order valence-electron chi connectivity index (χ1n) is 5.04. The Hall–Kier alpha value is -0.610. The Morgan fingerprint density at radius 2 is 2.21 bits per heavy atom. The van der Waals surface area contributed by atoms with Crippen LogP contribution in [0.15, 0.2) is 0 Å². The fourth-order valence-electron chi connectivity index (χ4n) is 1.90. The van der Waals surface area contributed by atoms with Crippen LogP contribution in [0.4, 0.5) is 0 Å². The van der Waals surface area contributed by atoms with Gasteiger partial charge in [0.15, 0.2) is 0 Å². The van der Waals surface area contributed by atoms with Gasteiger partial charge in [0.1, 0.15) is 0 Å². The van der Waals surface area contributed by atoms with E-state index in [2.05, 4.69) is 0 Å². The number of hydrogen-bond donors (Lipinski definition) is 0.